The zero-order chi connectivity index (χ0) is 10.7. The number of rotatable bonds is 3. The molecule has 1 amide bonds. The minimum absolute atomic E-state index is 0.149. The van der Waals surface area contributed by atoms with Gasteiger partial charge >= 0.3 is 0 Å². The van der Waals surface area contributed by atoms with Gasteiger partial charge in [-0.2, -0.15) is 0 Å². The van der Waals surface area contributed by atoms with Crippen LogP contribution in [0.25, 0.3) is 0 Å². The number of nitrogens with one attached hydrogen (secondary N) is 1. The molecule has 1 saturated heterocycles. The van der Waals surface area contributed by atoms with E-state index in [1.807, 2.05) is 0 Å². The van der Waals surface area contributed by atoms with Crippen molar-refractivity contribution in [3.05, 3.63) is 17.5 Å². The van der Waals surface area contributed by atoms with Gasteiger partial charge in [0.2, 0.25) is 0 Å². The number of carbonyl (C=O) groups excluding carboxylic acids is 1. The van der Waals surface area contributed by atoms with Gasteiger partial charge in [0.15, 0.2) is 0 Å². The highest BCUT2D eigenvalue weighted by molar-refractivity contribution is 5.94. The van der Waals surface area contributed by atoms with E-state index in [0.29, 0.717) is 17.9 Å². The lowest BCUT2D eigenvalue weighted by Crippen LogP contribution is -2.31. The summed E-state index contributed by atoms with van der Waals surface area (Å²) in [6.45, 7) is 3.07. The maximum atomic E-state index is 11.6. The minimum atomic E-state index is -0.149. The van der Waals surface area contributed by atoms with E-state index >= 15 is 0 Å². The molecule has 0 bridgehead atoms. The smallest absolute Gasteiger partial charge is 0.256 e. The first-order valence-corrected chi connectivity index (χ1v) is 5.08. The molecule has 15 heavy (non-hydrogen) atoms. The molecule has 0 aliphatic carbocycles. The highest BCUT2D eigenvalue weighted by atomic mass is 16.5. The molecule has 1 fully saturated rings. The van der Waals surface area contributed by atoms with Gasteiger partial charge in [0.25, 0.3) is 5.91 Å². The molecule has 5 heteroatoms. The van der Waals surface area contributed by atoms with Gasteiger partial charge in [0.05, 0.1) is 12.3 Å². The summed E-state index contributed by atoms with van der Waals surface area (Å²) in [4.78, 5) is 11.6. The second-order valence-corrected chi connectivity index (χ2v) is 3.64. The van der Waals surface area contributed by atoms with Crippen molar-refractivity contribution in [2.24, 2.45) is 0 Å². The fourth-order valence-corrected chi connectivity index (χ4v) is 1.62. The number of ether oxygens (including phenoxy) is 1. The van der Waals surface area contributed by atoms with Crippen molar-refractivity contribution in [1.29, 1.82) is 0 Å². The van der Waals surface area contributed by atoms with E-state index in [1.165, 1.54) is 6.20 Å². The topological polar surface area (TPSA) is 64.4 Å². The second-order valence-electron chi connectivity index (χ2n) is 3.64. The third-order valence-electron chi connectivity index (χ3n) is 2.51. The molecule has 1 aliphatic heterocycles. The van der Waals surface area contributed by atoms with Crippen LogP contribution in [-0.4, -0.2) is 30.3 Å². The van der Waals surface area contributed by atoms with Crippen molar-refractivity contribution in [3.8, 4) is 0 Å². The van der Waals surface area contributed by atoms with Crippen molar-refractivity contribution < 1.29 is 14.1 Å². The van der Waals surface area contributed by atoms with Crippen LogP contribution in [0.1, 0.15) is 29.0 Å². The van der Waals surface area contributed by atoms with Gasteiger partial charge in [-0.05, 0) is 19.8 Å². The summed E-state index contributed by atoms with van der Waals surface area (Å²) in [5, 5.41) is 6.36. The molecule has 0 saturated carbocycles. The van der Waals surface area contributed by atoms with E-state index in [9.17, 15) is 4.79 Å². The van der Waals surface area contributed by atoms with Crippen LogP contribution in [0, 0.1) is 6.92 Å². The van der Waals surface area contributed by atoms with Gasteiger partial charge in [-0.1, -0.05) is 5.16 Å². The van der Waals surface area contributed by atoms with E-state index in [-0.39, 0.29) is 12.0 Å². The predicted molar refractivity (Wildman–Crippen MR) is 52.5 cm³/mol. The maximum Gasteiger partial charge on any atom is 0.256 e. The number of amides is 1. The van der Waals surface area contributed by atoms with Crippen LogP contribution in [-0.2, 0) is 4.74 Å². The van der Waals surface area contributed by atoms with Crippen LogP contribution in [0.15, 0.2) is 10.7 Å². The first kappa shape index (κ1) is 10.2. The molecule has 0 spiro atoms. The number of hydrogen-bond donors (Lipinski definition) is 1. The molecule has 1 atom stereocenters. The summed E-state index contributed by atoms with van der Waals surface area (Å²) in [5.41, 5.74) is 0.494. The molecule has 2 rings (SSSR count). The van der Waals surface area contributed by atoms with Crippen molar-refractivity contribution >= 4 is 5.91 Å². The Kier molecular flexibility index (Phi) is 3.01. The summed E-state index contributed by atoms with van der Waals surface area (Å²) in [7, 11) is 0. The van der Waals surface area contributed by atoms with E-state index in [1.54, 1.807) is 6.92 Å². The number of carbonyl (C=O) groups is 1. The monoisotopic (exact) mass is 210 g/mol. The summed E-state index contributed by atoms with van der Waals surface area (Å²) in [6, 6.07) is 0. The molecule has 1 aliphatic rings. The van der Waals surface area contributed by atoms with Crippen molar-refractivity contribution in [1.82, 2.24) is 10.5 Å². The van der Waals surface area contributed by atoms with E-state index < -0.39 is 0 Å². The molecular weight excluding hydrogens is 196 g/mol. The fourth-order valence-electron chi connectivity index (χ4n) is 1.62. The quantitative estimate of drug-likeness (QED) is 0.804. The van der Waals surface area contributed by atoms with Gasteiger partial charge in [-0.3, -0.25) is 4.79 Å². The average Bonchev–Trinajstić information content (AvgIpc) is 2.84. The number of aryl methyl sites for hydroxylation is 1. The summed E-state index contributed by atoms with van der Waals surface area (Å²) >= 11 is 0. The van der Waals surface area contributed by atoms with Crippen molar-refractivity contribution in [2.75, 3.05) is 13.2 Å². The Morgan fingerprint density at radius 2 is 2.60 bits per heavy atom. The van der Waals surface area contributed by atoms with Gasteiger partial charge in [0.1, 0.15) is 11.3 Å². The van der Waals surface area contributed by atoms with E-state index in [2.05, 4.69) is 10.5 Å². The molecule has 0 aromatic carbocycles. The number of nitrogens with zero attached hydrogens (tertiary/aromatic N) is 1. The lowest BCUT2D eigenvalue weighted by atomic mass is 10.2. The van der Waals surface area contributed by atoms with Gasteiger partial charge in [0, 0.05) is 13.2 Å². The van der Waals surface area contributed by atoms with Crippen LogP contribution in [0.5, 0.6) is 0 Å². The van der Waals surface area contributed by atoms with E-state index in [4.69, 9.17) is 9.26 Å². The average molecular weight is 210 g/mol. The molecule has 1 aromatic heterocycles. The van der Waals surface area contributed by atoms with Crippen LogP contribution in [0.2, 0.25) is 0 Å². The van der Waals surface area contributed by atoms with Gasteiger partial charge < -0.3 is 14.6 Å². The zero-order valence-electron chi connectivity index (χ0n) is 8.66. The van der Waals surface area contributed by atoms with Gasteiger partial charge in [-0.15, -0.1) is 0 Å². The normalized spacial score (nSPS) is 20.5. The third-order valence-corrected chi connectivity index (χ3v) is 2.51. The lowest BCUT2D eigenvalue weighted by molar-refractivity contribution is 0.0856. The molecule has 1 N–H and O–H groups in total. The Labute approximate surface area is 87.8 Å². The number of hydrogen-bond acceptors (Lipinski definition) is 4. The molecule has 2 heterocycles. The molecule has 0 radical (unpaired) electrons. The van der Waals surface area contributed by atoms with Crippen LogP contribution in [0.3, 0.4) is 0 Å². The Hall–Kier alpha value is -1.36. The summed E-state index contributed by atoms with van der Waals surface area (Å²) < 4.78 is 10.2. The molecule has 1 unspecified atom stereocenters. The second kappa shape index (κ2) is 4.44. The highest BCUT2D eigenvalue weighted by Gasteiger charge is 2.18. The lowest BCUT2D eigenvalue weighted by Gasteiger charge is -2.09. The van der Waals surface area contributed by atoms with Crippen LogP contribution >= 0.6 is 0 Å². The summed E-state index contributed by atoms with van der Waals surface area (Å²) in [5.74, 6) is 0.393. The van der Waals surface area contributed by atoms with Crippen molar-refractivity contribution in [2.45, 2.75) is 25.9 Å². The maximum absolute atomic E-state index is 11.6. The molecular formula is C10H14N2O3. The first-order chi connectivity index (χ1) is 7.27. The molecule has 5 nitrogen and oxygen atoms in total. The fraction of sp³-hybridized carbons (Fsp3) is 0.600. The Bertz CT molecular complexity index is 342. The first-order valence-electron chi connectivity index (χ1n) is 5.08. The van der Waals surface area contributed by atoms with Crippen LogP contribution in [0.4, 0.5) is 0 Å². The SMILES string of the molecule is Cc1oncc1C(=O)NCC1CCCO1. The molecule has 1 aromatic rings. The standard InChI is InChI=1S/C10H14N2O3/c1-7-9(6-12-15-7)10(13)11-5-8-3-2-4-14-8/h6,8H,2-5H2,1H3,(H,11,13). The van der Waals surface area contributed by atoms with Crippen LogP contribution < -0.4 is 5.32 Å². The Morgan fingerprint density at radius 3 is 3.20 bits per heavy atom. The van der Waals surface area contributed by atoms with Crippen molar-refractivity contribution in [3.63, 3.8) is 0 Å². The Balaban J connectivity index is 1.84. The zero-order valence-corrected chi connectivity index (χ0v) is 8.66. The molecule has 82 valence electrons. The van der Waals surface area contributed by atoms with E-state index in [0.717, 1.165) is 19.4 Å². The van der Waals surface area contributed by atoms with Gasteiger partial charge in [-0.25, -0.2) is 0 Å². The highest BCUT2D eigenvalue weighted by Crippen LogP contribution is 2.11. The minimum Gasteiger partial charge on any atom is -0.376 e. The number of aromatic nitrogens is 1. The largest absolute Gasteiger partial charge is 0.376 e. The third kappa shape index (κ3) is 2.36. The predicted octanol–water partition coefficient (Wildman–Crippen LogP) is 0.892. The summed E-state index contributed by atoms with van der Waals surface area (Å²) in [6.07, 6.45) is 3.68. The Morgan fingerprint density at radius 1 is 1.73 bits per heavy atom.